The molecule has 0 bridgehead atoms. The quantitative estimate of drug-likeness (QED) is 0.350. The molecule has 2 aromatic carbocycles. The van der Waals surface area contributed by atoms with Gasteiger partial charge in [0.15, 0.2) is 5.76 Å². The van der Waals surface area contributed by atoms with Crippen LogP contribution in [-0.2, 0) is 6.54 Å². The second kappa shape index (κ2) is 8.85. The van der Waals surface area contributed by atoms with Crippen molar-refractivity contribution in [3.8, 4) is 17.3 Å². The molecule has 0 spiro atoms. The number of nitrogens with zero attached hydrogens (tertiary/aromatic N) is 4. The Morgan fingerprint density at radius 3 is 2.70 bits per heavy atom. The van der Waals surface area contributed by atoms with Gasteiger partial charge >= 0.3 is 6.36 Å². The van der Waals surface area contributed by atoms with E-state index in [2.05, 4.69) is 41.5 Å². The molecule has 4 aromatic rings. The van der Waals surface area contributed by atoms with Crippen molar-refractivity contribution in [3.63, 3.8) is 0 Å². The maximum atomic E-state index is 12.7. The molecular formula is C21H17BrF3N5O3. The van der Waals surface area contributed by atoms with Crippen LogP contribution >= 0.6 is 15.9 Å². The second-order valence-corrected chi connectivity index (χ2v) is 8.44. The molecule has 4 rings (SSSR count). The standard InChI is InChI=1S/C21H17BrF3N5O3/c1-11(2)10-30-19(27-28-29-30)18-7-12-3-4-13(8-17(12)32-18)20(31)26-14-5-6-16(15(22)9-14)33-21(23,24)25/h3-9,11H,10H2,1-2H3,(H,26,31). The zero-order valence-electron chi connectivity index (χ0n) is 17.4. The number of alkyl halides is 3. The highest BCUT2D eigenvalue weighted by molar-refractivity contribution is 9.10. The van der Waals surface area contributed by atoms with Gasteiger partial charge in [-0.05, 0) is 68.7 Å². The van der Waals surface area contributed by atoms with Gasteiger partial charge in [-0.15, -0.1) is 18.3 Å². The van der Waals surface area contributed by atoms with Crippen LogP contribution < -0.4 is 10.1 Å². The van der Waals surface area contributed by atoms with Crippen LogP contribution in [-0.4, -0.2) is 32.5 Å². The van der Waals surface area contributed by atoms with Gasteiger partial charge < -0.3 is 14.5 Å². The first-order valence-electron chi connectivity index (χ1n) is 9.76. The maximum Gasteiger partial charge on any atom is 0.573 e. The van der Waals surface area contributed by atoms with E-state index in [1.54, 1.807) is 28.9 Å². The molecule has 1 N–H and O–H groups in total. The largest absolute Gasteiger partial charge is 0.573 e. The van der Waals surface area contributed by atoms with Crippen molar-refractivity contribution in [2.75, 3.05) is 5.32 Å². The van der Waals surface area contributed by atoms with E-state index in [1.165, 1.54) is 12.1 Å². The number of tetrazole rings is 1. The van der Waals surface area contributed by atoms with Crippen LogP contribution in [0.25, 0.3) is 22.6 Å². The summed E-state index contributed by atoms with van der Waals surface area (Å²) in [6, 6.07) is 10.4. The fourth-order valence-electron chi connectivity index (χ4n) is 3.12. The Balaban J connectivity index is 1.54. The summed E-state index contributed by atoms with van der Waals surface area (Å²) in [5.41, 5.74) is 1.05. The molecule has 0 fully saturated rings. The summed E-state index contributed by atoms with van der Waals surface area (Å²) in [6.45, 7) is 4.71. The Kier molecular flexibility index (Phi) is 6.11. The molecule has 2 aromatic heterocycles. The SMILES string of the molecule is CC(C)Cn1nnnc1-c1cc2ccc(C(=O)Nc3ccc(OC(F)(F)F)c(Br)c3)cc2o1. The molecule has 8 nitrogen and oxygen atoms in total. The molecule has 0 aliphatic rings. The Labute approximate surface area is 193 Å². The molecular weight excluding hydrogens is 507 g/mol. The summed E-state index contributed by atoms with van der Waals surface area (Å²) < 4.78 is 48.7. The Morgan fingerprint density at radius 2 is 2.00 bits per heavy atom. The average Bonchev–Trinajstić information content (AvgIpc) is 3.34. The summed E-state index contributed by atoms with van der Waals surface area (Å²) in [5.74, 6) is 0.413. The van der Waals surface area contributed by atoms with Crippen molar-refractivity contribution in [1.29, 1.82) is 0 Å². The topological polar surface area (TPSA) is 95.1 Å². The molecule has 33 heavy (non-hydrogen) atoms. The molecule has 1 amide bonds. The minimum absolute atomic E-state index is 0.0443. The average molecular weight is 524 g/mol. The van der Waals surface area contributed by atoms with Crippen molar-refractivity contribution < 1.29 is 27.1 Å². The molecule has 12 heteroatoms. The molecule has 2 heterocycles. The lowest BCUT2D eigenvalue weighted by Gasteiger charge is -2.12. The Morgan fingerprint density at radius 1 is 1.21 bits per heavy atom. The number of ether oxygens (including phenoxy) is 1. The number of furan rings is 1. The molecule has 172 valence electrons. The predicted molar refractivity (Wildman–Crippen MR) is 117 cm³/mol. The van der Waals surface area contributed by atoms with Gasteiger partial charge in [0.25, 0.3) is 5.91 Å². The number of benzene rings is 2. The molecule has 0 aliphatic heterocycles. The van der Waals surface area contributed by atoms with E-state index < -0.39 is 18.0 Å². The molecule has 0 unspecified atom stereocenters. The van der Waals surface area contributed by atoms with E-state index in [0.29, 0.717) is 35.2 Å². The first-order chi connectivity index (χ1) is 15.6. The summed E-state index contributed by atoms with van der Waals surface area (Å²) in [7, 11) is 0. The van der Waals surface area contributed by atoms with Crippen molar-refractivity contribution in [2.45, 2.75) is 26.8 Å². The summed E-state index contributed by atoms with van der Waals surface area (Å²) >= 11 is 3.01. The summed E-state index contributed by atoms with van der Waals surface area (Å²) in [4.78, 5) is 12.7. The van der Waals surface area contributed by atoms with Crippen molar-refractivity contribution >= 4 is 38.5 Å². The van der Waals surface area contributed by atoms with E-state index in [9.17, 15) is 18.0 Å². The van der Waals surface area contributed by atoms with Gasteiger partial charge in [-0.1, -0.05) is 19.9 Å². The fourth-order valence-corrected chi connectivity index (χ4v) is 3.58. The first kappa shape index (κ1) is 22.8. The monoisotopic (exact) mass is 523 g/mol. The summed E-state index contributed by atoms with van der Waals surface area (Å²) in [6.07, 6.45) is -4.82. The van der Waals surface area contributed by atoms with E-state index in [-0.39, 0.29) is 10.2 Å². The number of amides is 1. The number of carbonyl (C=O) groups is 1. The van der Waals surface area contributed by atoms with Crippen LogP contribution in [0.5, 0.6) is 5.75 Å². The number of fused-ring (bicyclic) bond motifs is 1. The molecule has 0 aliphatic carbocycles. The zero-order valence-corrected chi connectivity index (χ0v) is 18.9. The van der Waals surface area contributed by atoms with Crippen molar-refractivity contribution in [1.82, 2.24) is 20.2 Å². The van der Waals surface area contributed by atoms with Gasteiger partial charge in [-0.25, -0.2) is 4.68 Å². The number of rotatable bonds is 6. The smallest absolute Gasteiger partial charge is 0.453 e. The number of nitrogens with one attached hydrogen (secondary N) is 1. The molecule has 0 radical (unpaired) electrons. The van der Waals surface area contributed by atoms with Gasteiger partial charge in [-0.2, -0.15) is 0 Å². The van der Waals surface area contributed by atoms with Crippen LogP contribution in [0.3, 0.4) is 0 Å². The van der Waals surface area contributed by atoms with Gasteiger partial charge in [0, 0.05) is 23.2 Å². The van der Waals surface area contributed by atoms with Crippen LogP contribution in [0.1, 0.15) is 24.2 Å². The van der Waals surface area contributed by atoms with Crippen LogP contribution in [0.15, 0.2) is 51.4 Å². The summed E-state index contributed by atoms with van der Waals surface area (Å²) in [5, 5.41) is 15.1. The number of hydrogen-bond acceptors (Lipinski definition) is 6. The minimum Gasteiger partial charge on any atom is -0.453 e. The number of halogens is 4. The molecule has 0 saturated carbocycles. The maximum absolute atomic E-state index is 12.7. The second-order valence-electron chi connectivity index (χ2n) is 7.59. The third kappa shape index (κ3) is 5.33. The van der Waals surface area contributed by atoms with Gasteiger partial charge in [0.2, 0.25) is 5.82 Å². The number of aromatic nitrogens is 4. The van der Waals surface area contributed by atoms with E-state index in [4.69, 9.17) is 4.42 Å². The number of carbonyl (C=O) groups excluding carboxylic acids is 1. The molecule has 0 atom stereocenters. The third-order valence-corrected chi connectivity index (χ3v) is 5.11. The lowest BCUT2D eigenvalue weighted by Crippen LogP contribution is -2.17. The van der Waals surface area contributed by atoms with E-state index in [1.807, 2.05) is 13.8 Å². The van der Waals surface area contributed by atoms with E-state index >= 15 is 0 Å². The minimum atomic E-state index is -4.82. The van der Waals surface area contributed by atoms with Gasteiger partial charge in [0.1, 0.15) is 11.3 Å². The third-order valence-electron chi connectivity index (χ3n) is 4.49. The van der Waals surface area contributed by atoms with Crippen molar-refractivity contribution in [2.24, 2.45) is 5.92 Å². The molecule has 0 saturated heterocycles. The predicted octanol–water partition coefficient (Wildman–Crippen LogP) is 5.66. The van der Waals surface area contributed by atoms with E-state index in [0.717, 1.165) is 11.5 Å². The van der Waals surface area contributed by atoms with Crippen LogP contribution in [0.2, 0.25) is 0 Å². The Hall–Kier alpha value is -3.41. The van der Waals surface area contributed by atoms with Gasteiger partial charge in [-0.3, -0.25) is 4.79 Å². The van der Waals surface area contributed by atoms with Gasteiger partial charge in [0.05, 0.1) is 4.47 Å². The Bertz CT molecular complexity index is 1320. The number of hydrogen-bond donors (Lipinski definition) is 1. The fraction of sp³-hybridized carbons (Fsp3) is 0.238. The van der Waals surface area contributed by atoms with Crippen molar-refractivity contribution in [3.05, 3.63) is 52.5 Å². The highest BCUT2D eigenvalue weighted by Gasteiger charge is 2.32. The van der Waals surface area contributed by atoms with Crippen LogP contribution in [0.4, 0.5) is 18.9 Å². The highest BCUT2D eigenvalue weighted by Crippen LogP contribution is 2.33. The zero-order chi connectivity index (χ0) is 23.8. The number of anilines is 1. The lowest BCUT2D eigenvalue weighted by molar-refractivity contribution is -0.274. The first-order valence-corrected chi connectivity index (χ1v) is 10.5. The van der Waals surface area contributed by atoms with Crippen LogP contribution in [0, 0.1) is 5.92 Å². The normalized spacial score (nSPS) is 11.8. The highest BCUT2D eigenvalue weighted by atomic mass is 79.9. The lowest BCUT2D eigenvalue weighted by atomic mass is 10.1.